The van der Waals surface area contributed by atoms with Gasteiger partial charge in [0.2, 0.25) is 10.0 Å². The van der Waals surface area contributed by atoms with Crippen LogP contribution in [-0.2, 0) is 16.4 Å². The van der Waals surface area contributed by atoms with Gasteiger partial charge in [0.15, 0.2) is 0 Å². The van der Waals surface area contributed by atoms with Crippen molar-refractivity contribution < 1.29 is 13.2 Å². The van der Waals surface area contributed by atoms with Crippen LogP contribution >= 0.6 is 0 Å². The highest BCUT2D eigenvalue weighted by atomic mass is 32.2. The predicted molar refractivity (Wildman–Crippen MR) is 115 cm³/mol. The molecule has 3 aromatic rings. The fourth-order valence-corrected chi connectivity index (χ4v) is 5.39. The third kappa shape index (κ3) is 3.93. The van der Waals surface area contributed by atoms with Gasteiger partial charge in [-0.05, 0) is 54.3 Å². The van der Waals surface area contributed by atoms with Crippen LogP contribution in [0.25, 0.3) is 0 Å². The average Bonchev–Trinajstić information content (AvgIpc) is 2.94. The van der Waals surface area contributed by atoms with Crippen molar-refractivity contribution in [2.45, 2.75) is 24.2 Å². The van der Waals surface area contributed by atoms with Gasteiger partial charge in [-0.3, -0.25) is 0 Å². The molecule has 1 atom stereocenters. The highest BCUT2D eigenvalue weighted by Crippen LogP contribution is 2.35. The maximum atomic E-state index is 13.4. The Morgan fingerprint density at radius 1 is 0.966 bits per heavy atom. The van der Waals surface area contributed by atoms with Crippen molar-refractivity contribution in [1.82, 2.24) is 4.31 Å². The van der Waals surface area contributed by atoms with E-state index in [1.165, 1.54) is 5.56 Å². The molecule has 3 aromatic carbocycles. The molecule has 0 radical (unpaired) electrons. The summed E-state index contributed by atoms with van der Waals surface area (Å²) in [6.45, 7) is 2.82. The number of aryl methyl sites for hydroxylation is 1. The molecule has 1 heterocycles. The second-order valence-corrected chi connectivity index (χ2v) is 9.39. The van der Waals surface area contributed by atoms with Gasteiger partial charge in [-0.25, -0.2) is 8.42 Å². The number of ether oxygens (including phenoxy) is 1. The molecule has 0 aromatic heterocycles. The molecule has 5 heteroatoms. The monoisotopic (exact) mass is 407 g/mol. The molecule has 0 saturated carbocycles. The van der Waals surface area contributed by atoms with Gasteiger partial charge in [0, 0.05) is 19.0 Å². The fraction of sp³-hybridized carbons (Fsp3) is 0.250. The van der Waals surface area contributed by atoms with Gasteiger partial charge in [0.05, 0.1) is 12.0 Å². The first-order valence-electron chi connectivity index (χ1n) is 9.77. The lowest BCUT2D eigenvalue weighted by Gasteiger charge is -2.25. The summed E-state index contributed by atoms with van der Waals surface area (Å²) in [6, 6.07) is 23.3. The Kier molecular flexibility index (Phi) is 5.43. The lowest BCUT2D eigenvalue weighted by Crippen LogP contribution is -2.35. The van der Waals surface area contributed by atoms with Crippen LogP contribution < -0.4 is 4.74 Å². The smallest absolute Gasteiger partial charge is 0.243 e. The summed E-state index contributed by atoms with van der Waals surface area (Å²) in [4.78, 5) is 0.346. The maximum absolute atomic E-state index is 13.4. The Morgan fingerprint density at radius 3 is 2.38 bits per heavy atom. The zero-order chi connectivity index (χ0) is 20.4. The van der Waals surface area contributed by atoms with Crippen molar-refractivity contribution in [3.8, 4) is 5.75 Å². The van der Waals surface area contributed by atoms with Gasteiger partial charge in [0.25, 0.3) is 0 Å². The van der Waals surface area contributed by atoms with E-state index < -0.39 is 10.0 Å². The van der Waals surface area contributed by atoms with E-state index in [2.05, 4.69) is 24.3 Å². The second-order valence-electron chi connectivity index (χ2n) is 7.45. The SMILES string of the molecule is COc1ccc2c(c1)C(c1ccccc1)CN(S(=O)(=O)c1ccc(C)cc1)CC2. The number of hydrogen-bond acceptors (Lipinski definition) is 3. The van der Waals surface area contributed by atoms with Crippen LogP contribution in [0.4, 0.5) is 0 Å². The van der Waals surface area contributed by atoms with E-state index in [0.717, 1.165) is 22.4 Å². The van der Waals surface area contributed by atoms with Crippen LogP contribution in [0.3, 0.4) is 0 Å². The van der Waals surface area contributed by atoms with Crippen LogP contribution in [0.5, 0.6) is 5.75 Å². The molecule has 4 nitrogen and oxygen atoms in total. The summed E-state index contributed by atoms with van der Waals surface area (Å²) in [6.07, 6.45) is 0.674. The van der Waals surface area contributed by atoms with Crippen molar-refractivity contribution in [2.75, 3.05) is 20.2 Å². The zero-order valence-corrected chi connectivity index (χ0v) is 17.5. The van der Waals surface area contributed by atoms with Crippen LogP contribution in [0.15, 0.2) is 77.7 Å². The number of rotatable bonds is 4. The van der Waals surface area contributed by atoms with E-state index in [1.807, 2.05) is 43.3 Å². The molecule has 0 N–H and O–H groups in total. The van der Waals surface area contributed by atoms with E-state index in [4.69, 9.17) is 4.74 Å². The number of hydrogen-bond donors (Lipinski definition) is 0. The maximum Gasteiger partial charge on any atom is 0.243 e. The molecular formula is C24H25NO3S. The van der Waals surface area contributed by atoms with Gasteiger partial charge in [0.1, 0.15) is 5.75 Å². The first-order valence-corrected chi connectivity index (χ1v) is 11.2. The van der Waals surface area contributed by atoms with Gasteiger partial charge in [-0.2, -0.15) is 4.31 Å². The van der Waals surface area contributed by atoms with Crippen molar-refractivity contribution >= 4 is 10.0 Å². The Bertz CT molecular complexity index is 1090. The normalized spacial score (nSPS) is 17.4. The lowest BCUT2D eigenvalue weighted by molar-refractivity contribution is 0.409. The first kappa shape index (κ1) is 19.7. The third-order valence-electron chi connectivity index (χ3n) is 5.61. The largest absolute Gasteiger partial charge is 0.497 e. The van der Waals surface area contributed by atoms with E-state index in [0.29, 0.717) is 24.4 Å². The van der Waals surface area contributed by atoms with E-state index >= 15 is 0 Å². The molecule has 4 rings (SSSR count). The Hall–Kier alpha value is -2.63. The first-order chi connectivity index (χ1) is 14.0. The quantitative estimate of drug-likeness (QED) is 0.645. The van der Waals surface area contributed by atoms with Crippen molar-refractivity contribution in [3.05, 3.63) is 95.1 Å². The summed E-state index contributed by atoms with van der Waals surface area (Å²) in [7, 11) is -1.92. The molecule has 0 spiro atoms. The minimum Gasteiger partial charge on any atom is -0.497 e. The minimum absolute atomic E-state index is 0.0518. The minimum atomic E-state index is -3.57. The third-order valence-corrected chi connectivity index (χ3v) is 7.49. The fourth-order valence-electron chi connectivity index (χ4n) is 3.94. The molecule has 29 heavy (non-hydrogen) atoms. The molecule has 1 aliphatic heterocycles. The van der Waals surface area contributed by atoms with Crippen LogP contribution in [0, 0.1) is 6.92 Å². The number of benzene rings is 3. The topological polar surface area (TPSA) is 46.6 Å². The highest BCUT2D eigenvalue weighted by Gasteiger charge is 2.32. The molecule has 150 valence electrons. The van der Waals surface area contributed by atoms with E-state index in [-0.39, 0.29) is 5.92 Å². The summed E-state index contributed by atoms with van der Waals surface area (Å²) >= 11 is 0. The van der Waals surface area contributed by atoms with E-state index in [1.54, 1.807) is 23.5 Å². The predicted octanol–water partition coefficient (Wildman–Crippen LogP) is 4.38. The Morgan fingerprint density at radius 2 is 1.69 bits per heavy atom. The molecule has 1 unspecified atom stereocenters. The van der Waals surface area contributed by atoms with Gasteiger partial charge < -0.3 is 4.74 Å². The Balaban J connectivity index is 1.78. The standard InChI is InChI=1S/C24H25NO3S/c1-18-8-12-22(13-9-18)29(26,27)25-15-14-20-10-11-21(28-2)16-23(20)24(17-25)19-6-4-3-5-7-19/h3-13,16,24H,14-15,17H2,1-2H3. The molecule has 0 bridgehead atoms. The Labute approximate surface area is 172 Å². The molecule has 0 saturated heterocycles. The van der Waals surface area contributed by atoms with Crippen molar-refractivity contribution in [1.29, 1.82) is 0 Å². The molecule has 0 aliphatic carbocycles. The zero-order valence-electron chi connectivity index (χ0n) is 16.7. The van der Waals surface area contributed by atoms with Crippen molar-refractivity contribution in [2.24, 2.45) is 0 Å². The van der Waals surface area contributed by atoms with Gasteiger partial charge in [-0.15, -0.1) is 0 Å². The number of fused-ring (bicyclic) bond motifs is 1. The van der Waals surface area contributed by atoms with Crippen LogP contribution in [-0.4, -0.2) is 32.9 Å². The average molecular weight is 408 g/mol. The van der Waals surface area contributed by atoms with E-state index in [9.17, 15) is 8.42 Å². The van der Waals surface area contributed by atoms with Crippen molar-refractivity contribution in [3.63, 3.8) is 0 Å². The van der Waals surface area contributed by atoms with Crippen LogP contribution in [0.1, 0.15) is 28.2 Å². The van der Waals surface area contributed by atoms with Gasteiger partial charge in [-0.1, -0.05) is 54.1 Å². The summed E-state index contributed by atoms with van der Waals surface area (Å²) in [5.74, 6) is 0.739. The number of nitrogens with zero attached hydrogens (tertiary/aromatic N) is 1. The summed E-state index contributed by atoms with van der Waals surface area (Å²) in [5.41, 5.74) is 4.45. The second kappa shape index (κ2) is 8.01. The number of methoxy groups -OCH3 is 1. The lowest BCUT2D eigenvalue weighted by atomic mass is 9.88. The molecule has 1 aliphatic rings. The highest BCUT2D eigenvalue weighted by molar-refractivity contribution is 7.89. The summed E-state index contributed by atoms with van der Waals surface area (Å²) < 4.78 is 33.9. The summed E-state index contributed by atoms with van der Waals surface area (Å²) in [5, 5.41) is 0. The number of sulfonamides is 1. The van der Waals surface area contributed by atoms with Gasteiger partial charge >= 0.3 is 0 Å². The molecule has 0 amide bonds. The molecular weight excluding hydrogens is 382 g/mol. The van der Waals surface area contributed by atoms with Crippen LogP contribution in [0.2, 0.25) is 0 Å². The molecule has 0 fully saturated rings.